The Labute approximate surface area is 60.5 Å². The molecule has 0 bridgehead atoms. The van der Waals surface area contributed by atoms with Crippen LogP contribution in [0.25, 0.3) is 0 Å². The Morgan fingerprint density at radius 2 is 2.30 bits per heavy atom. The third-order valence-corrected chi connectivity index (χ3v) is 1.54. The molecule has 0 fully saturated rings. The van der Waals surface area contributed by atoms with Crippen molar-refractivity contribution < 1.29 is 9.52 Å². The summed E-state index contributed by atoms with van der Waals surface area (Å²) in [6.45, 7) is 3.94. The molecule has 0 spiro atoms. The average Bonchev–Trinajstić information content (AvgIpc) is 2.30. The molecule has 0 aromatic carbocycles. The van der Waals surface area contributed by atoms with Gasteiger partial charge in [-0.3, -0.25) is 0 Å². The van der Waals surface area contributed by atoms with E-state index in [-0.39, 0.29) is 6.61 Å². The van der Waals surface area contributed by atoms with Crippen molar-refractivity contribution in [2.45, 2.75) is 26.9 Å². The van der Waals surface area contributed by atoms with E-state index in [0.29, 0.717) is 5.76 Å². The van der Waals surface area contributed by atoms with Crippen LogP contribution in [0.15, 0.2) is 10.5 Å². The van der Waals surface area contributed by atoms with Crippen LogP contribution in [0.2, 0.25) is 0 Å². The molecule has 0 atom stereocenters. The first-order valence-corrected chi connectivity index (χ1v) is 3.47. The zero-order valence-electron chi connectivity index (χ0n) is 6.35. The molecule has 2 heteroatoms. The van der Waals surface area contributed by atoms with E-state index >= 15 is 0 Å². The minimum atomic E-state index is 0.0109. The number of hydrogen-bond donors (Lipinski definition) is 1. The van der Waals surface area contributed by atoms with Gasteiger partial charge in [-0.2, -0.15) is 0 Å². The molecule has 0 aliphatic heterocycles. The van der Waals surface area contributed by atoms with Gasteiger partial charge in [0, 0.05) is 0 Å². The third kappa shape index (κ3) is 1.21. The molecule has 56 valence electrons. The highest BCUT2D eigenvalue weighted by Crippen LogP contribution is 2.14. The second kappa shape index (κ2) is 2.88. The lowest BCUT2D eigenvalue weighted by atomic mass is 10.2. The molecular formula is C8H12O2. The molecule has 1 N–H and O–H groups in total. The van der Waals surface area contributed by atoms with Crippen LogP contribution in [0.5, 0.6) is 0 Å². The van der Waals surface area contributed by atoms with E-state index < -0.39 is 0 Å². The van der Waals surface area contributed by atoms with Crippen molar-refractivity contribution >= 4 is 0 Å². The molecule has 2 nitrogen and oxygen atoms in total. The van der Waals surface area contributed by atoms with Crippen LogP contribution in [0, 0.1) is 6.92 Å². The van der Waals surface area contributed by atoms with Gasteiger partial charge in [-0.25, -0.2) is 0 Å². The Balaban J connectivity index is 2.96. The van der Waals surface area contributed by atoms with Gasteiger partial charge in [0.2, 0.25) is 0 Å². The molecule has 1 heterocycles. The van der Waals surface area contributed by atoms with Crippen molar-refractivity contribution in [3.05, 3.63) is 23.2 Å². The summed E-state index contributed by atoms with van der Waals surface area (Å²) in [5.41, 5.74) is 1.11. The van der Waals surface area contributed by atoms with Crippen LogP contribution in [-0.4, -0.2) is 5.11 Å². The largest absolute Gasteiger partial charge is 0.464 e. The van der Waals surface area contributed by atoms with E-state index in [0.717, 1.165) is 17.7 Å². The Kier molecular flexibility index (Phi) is 2.12. The van der Waals surface area contributed by atoms with E-state index in [4.69, 9.17) is 9.52 Å². The van der Waals surface area contributed by atoms with Gasteiger partial charge in [0.25, 0.3) is 0 Å². The van der Waals surface area contributed by atoms with Crippen LogP contribution < -0.4 is 0 Å². The molecular weight excluding hydrogens is 128 g/mol. The van der Waals surface area contributed by atoms with Crippen molar-refractivity contribution in [2.75, 3.05) is 0 Å². The summed E-state index contributed by atoms with van der Waals surface area (Å²) >= 11 is 0. The smallest absolute Gasteiger partial charge is 0.132 e. The lowest BCUT2D eigenvalue weighted by Crippen LogP contribution is -1.84. The lowest BCUT2D eigenvalue weighted by Gasteiger charge is -1.91. The minimum absolute atomic E-state index is 0.0109. The maximum atomic E-state index is 8.77. The van der Waals surface area contributed by atoms with Crippen LogP contribution in [-0.2, 0) is 13.0 Å². The van der Waals surface area contributed by atoms with Crippen LogP contribution in [0.1, 0.15) is 24.0 Å². The molecule has 0 radical (unpaired) electrons. The van der Waals surface area contributed by atoms with E-state index in [1.165, 1.54) is 0 Å². The maximum Gasteiger partial charge on any atom is 0.132 e. The fourth-order valence-electron chi connectivity index (χ4n) is 1.05. The van der Waals surface area contributed by atoms with Gasteiger partial charge in [-0.1, -0.05) is 6.92 Å². The first kappa shape index (κ1) is 7.35. The summed E-state index contributed by atoms with van der Waals surface area (Å²) in [6, 6.07) is 1.96. The summed E-state index contributed by atoms with van der Waals surface area (Å²) in [5, 5.41) is 8.77. The van der Waals surface area contributed by atoms with Crippen molar-refractivity contribution in [3.8, 4) is 0 Å². The molecule has 10 heavy (non-hydrogen) atoms. The van der Waals surface area contributed by atoms with Crippen LogP contribution in [0.4, 0.5) is 0 Å². The number of aliphatic hydroxyl groups excluding tert-OH is 1. The number of aliphatic hydroxyl groups is 1. The highest BCUT2D eigenvalue weighted by Gasteiger charge is 2.04. The molecule has 0 aliphatic rings. The van der Waals surface area contributed by atoms with Crippen LogP contribution in [0.3, 0.4) is 0 Å². The quantitative estimate of drug-likeness (QED) is 0.677. The maximum absolute atomic E-state index is 8.77. The fourth-order valence-corrected chi connectivity index (χ4v) is 1.05. The van der Waals surface area contributed by atoms with E-state index in [2.05, 4.69) is 0 Å². The van der Waals surface area contributed by atoms with Gasteiger partial charge in [-0.05, 0) is 25.0 Å². The lowest BCUT2D eigenvalue weighted by molar-refractivity contribution is 0.243. The molecule has 0 amide bonds. The van der Waals surface area contributed by atoms with Gasteiger partial charge in [0.05, 0.1) is 0 Å². The molecule has 0 saturated carbocycles. The molecule has 1 aromatic heterocycles. The zero-order valence-corrected chi connectivity index (χ0v) is 6.35. The van der Waals surface area contributed by atoms with Gasteiger partial charge >= 0.3 is 0 Å². The van der Waals surface area contributed by atoms with Gasteiger partial charge in [-0.15, -0.1) is 0 Å². The molecule has 0 aliphatic carbocycles. The monoisotopic (exact) mass is 140 g/mol. The minimum Gasteiger partial charge on any atom is -0.464 e. The van der Waals surface area contributed by atoms with Crippen molar-refractivity contribution in [3.63, 3.8) is 0 Å². The number of rotatable bonds is 2. The normalized spacial score (nSPS) is 10.3. The van der Waals surface area contributed by atoms with Gasteiger partial charge < -0.3 is 9.52 Å². The van der Waals surface area contributed by atoms with E-state index in [1.54, 1.807) is 0 Å². The summed E-state index contributed by atoms with van der Waals surface area (Å²) in [7, 11) is 0. The van der Waals surface area contributed by atoms with E-state index in [1.807, 2.05) is 19.9 Å². The fraction of sp³-hybridized carbons (Fsp3) is 0.500. The highest BCUT2D eigenvalue weighted by atomic mass is 16.4. The molecule has 1 aromatic rings. The Morgan fingerprint density at radius 1 is 1.60 bits per heavy atom. The molecule has 0 unspecified atom stereocenters. The SMILES string of the molecule is CCc1cc(C)oc1CO. The predicted molar refractivity (Wildman–Crippen MR) is 38.7 cm³/mol. The Hall–Kier alpha value is -0.760. The molecule has 0 saturated heterocycles. The topological polar surface area (TPSA) is 33.4 Å². The summed E-state index contributed by atoms with van der Waals surface area (Å²) in [4.78, 5) is 0. The summed E-state index contributed by atoms with van der Waals surface area (Å²) in [6.07, 6.45) is 0.924. The third-order valence-electron chi connectivity index (χ3n) is 1.54. The van der Waals surface area contributed by atoms with Crippen LogP contribution >= 0.6 is 0 Å². The van der Waals surface area contributed by atoms with E-state index in [9.17, 15) is 0 Å². The Bertz CT molecular complexity index is 192. The first-order chi connectivity index (χ1) is 4.77. The second-order valence-corrected chi connectivity index (χ2v) is 2.32. The van der Waals surface area contributed by atoms with Crippen molar-refractivity contribution in [1.29, 1.82) is 0 Å². The van der Waals surface area contributed by atoms with Gasteiger partial charge in [0.1, 0.15) is 18.1 Å². The number of aryl methyl sites for hydroxylation is 2. The zero-order chi connectivity index (χ0) is 7.56. The number of furan rings is 1. The standard InChI is InChI=1S/C8H12O2/c1-3-7-4-6(2)10-8(7)5-9/h4,9H,3,5H2,1-2H3. The average molecular weight is 140 g/mol. The summed E-state index contributed by atoms with van der Waals surface area (Å²) in [5.74, 6) is 1.58. The van der Waals surface area contributed by atoms with Crippen molar-refractivity contribution in [2.24, 2.45) is 0 Å². The summed E-state index contributed by atoms with van der Waals surface area (Å²) < 4.78 is 5.20. The Morgan fingerprint density at radius 3 is 2.70 bits per heavy atom. The highest BCUT2D eigenvalue weighted by molar-refractivity contribution is 5.20. The predicted octanol–water partition coefficient (Wildman–Crippen LogP) is 1.64. The van der Waals surface area contributed by atoms with Gasteiger partial charge in [0.15, 0.2) is 0 Å². The second-order valence-electron chi connectivity index (χ2n) is 2.32. The number of hydrogen-bond acceptors (Lipinski definition) is 2. The molecule has 1 rings (SSSR count). The van der Waals surface area contributed by atoms with Crippen molar-refractivity contribution in [1.82, 2.24) is 0 Å². The first-order valence-electron chi connectivity index (χ1n) is 3.47.